The Morgan fingerprint density at radius 2 is 2.00 bits per heavy atom. The molecule has 0 saturated heterocycles. The molecule has 2 aromatic rings. The first-order valence-corrected chi connectivity index (χ1v) is 8.29. The average molecular weight is 377 g/mol. The molecule has 0 spiro atoms. The molecule has 0 aliphatic rings. The van der Waals surface area contributed by atoms with Gasteiger partial charge >= 0.3 is 0 Å². The molecule has 1 N–H and O–H groups in total. The number of benzene rings is 1. The third-order valence-corrected chi connectivity index (χ3v) is 4.20. The lowest BCUT2D eigenvalue weighted by atomic mass is 9.99. The van der Waals surface area contributed by atoms with E-state index >= 15 is 0 Å². The highest BCUT2D eigenvalue weighted by atomic mass is 79.9. The summed E-state index contributed by atoms with van der Waals surface area (Å²) in [4.78, 5) is 0. The van der Waals surface area contributed by atoms with E-state index in [0.717, 1.165) is 17.9 Å². The summed E-state index contributed by atoms with van der Waals surface area (Å²) in [5, 5.41) is 3.95. The van der Waals surface area contributed by atoms with Crippen molar-refractivity contribution in [3.63, 3.8) is 0 Å². The smallest absolute Gasteiger partial charge is 0.153 e. The van der Waals surface area contributed by atoms with Crippen LogP contribution in [-0.4, -0.2) is 6.54 Å². The molecule has 0 saturated carbocycles. The summed E-state index contributed by atoms with van der Waals surface area (Å²) in [6, 6.07) is 1.54. The third-order valence-electron chi connectivity index (χ3n) is 3.34. The first-order chi connectivity index (χ1) is 9.82. The van der Waals surface area contributed by atoms with Crippen LogP contribution in [-0.2, 0) is 6.54 Å². The van der Waals surface area contributed by atoms with Gasteiger partial charge in [-0.15, -0.1) is 0 Å². The Hall–Kier alpha value is -0.580. The second-order valence-electron chi connectivity index (χ2n) is 5.98. The topological polar surface area (TPSA) is 25.2 Å². The van der Waals surface area contributed by atoms with Crippen LogP contribution in [0, 0.1) is 11.7 Å². The average Bonchev–Trinajstić information content (AvgIpc) is 2.76. The van der Waals surface area contributed by atoms with Crippen molar-refractivity contribution in [2.75, 3.05) is 6.54 Å². The van der Waals surface area contributed by atoms with E-state index in [1.165, 1.54) is 6.07 Å². The molecule has 0 unspecified atom stereocenters. The van der Waals surface area contributed by atoms with E-state index in [2.05, 4.69) is 35.1 Å². The zero-order valence-electron chi connectivity index (χ0n) is 12.7. The fraction of sp³-hybridized carbons (Fsp3) is 0.500. The van der Waals surface area contributed by atoms with E-state index < -0.39 is 5.82 Å². The monoisotopic (exact) mass is 375 g/mol. The van der Waals surface area contributed by atoms with Crippen molar-refractivity contribution < 1.29 is 8.81 Å². The lowest BCUT2D eigenvalue weighted by molar-refractivity contribution is 0.478. The normalized spacial score (nSPS) is 12.0. The van der Waals surface area contributed by atoms with Gasteiger partial charge in [-0.25, -0.2) is 4.39 Å². The molecule has 1 aromatic heterocycles. The lowest BCUT2D eigenvalue weighted by Gasteiger charge is -2.09. The zero-order chi connectivity index (χ0) is 15.7. The number of nitrogens with one attached hydrogen (secondary N) is 1. The maximum Gasteiger partial charge on any atom is 0.153 e. The molecule has 21 heavy (non-hydrogen) atoms. The number of fused-ring (bicyclic) bond motifs is 1. The quantitative estimate of drug-likeness (QED) is 0.661. The van der Waals surface area contributed by atoms with Crippen molar-refractivity contribution in [1.29, 1.82) is 0 Å². The molecule has 0 atom stereocenters. The second-order valence-corrected chi connectivity index (χ2v) is 7.24. The number of rotatable bonds is 5. The van der Waals surface area contributed by atoms with Gasteiger partial charge in [0.05, 0.1) is 21.4 Å². The van der Waals surface area contributed by atoms with Gasteiger partial charge in [0.25, 0.3) is 0 Å². The summed E-state index contributed by atoms with van der Waals surface area (Å²) in [6.07, 6.45) is 0. The van der Waals surface area contributed by atoms with Gasteiger partial charge in [-0.2, -0.15) is 0 Å². The van der Waals surface area contributed by atoms with Crippen LogP contribution in [0.25, 0.3) is 11.0 Å². The molecule has 2 nitrogen and oxygen atoms in total. The van der Waals surface area contributed by atoms with Crippen LogP contribution in [0.4, 0.5) is 4.39 Å². The Balaban J connectivity index is 2.53. The maximum absolute atomic E-state index is 14.4. The number of halogens is 3. The Bertz CT molecular complexity index is 651. The van der Waals surface area contributed by atoms with Crippen LogP contribution in [0.2, 0.25) is 5.02 Å². The van der Waals surface area contributed by atoms with Gasteiger partial charge in [-0.1, -0.05) is 39.3 Å². The number of hydrogen-bond donors (Lipinski definition) is 1. The lowest BCUT2D eigenvalue weighted by Crippen LogP contribution is -2.19. The molecule has 2 rings (SSSR count). The molecule has 5 heteroatoms. The van der Waals surface area contributed by atoms with Gasteiger partial charge in [0, 0.05) is 5.56 Å². The summed E-state index contributed by atoms with van der Waals surface area (Å²) < 4.78 is 21.0. The van der Waals surface area contributed by atoms with E-state index in [1.54, 1.807) is 0 Å². The minimum Gasteiger partial charge on any atom is -0.458 e. The molecule has 0 bridgehead atoms. The molecule has 0 aliphatic heterocycles. The molecular weight excluding hydrogens is 357 g/mol. The van der Waals surface area contributed by atoms with Crippen molar-refractivity contribution in [3.05, 3.63) is 32.7 Å². The highest BCUT2D eigenvalue weighted by molar-refractivity contribution is 9.10. The Labute approximate surface area is 138 Å². The second kappa shape index (κ2) is 6.67. The Kier molecular flexibility index (Phi) is 5.33. The van der Waals surface area contributed by atoms with Gasteiger partial charge in [0.1, 0.15) is 5.76 Å². The molecule has 0 fully saturated rings. The van der Waals surface area contributed by atoms with Crippen LogP contribution in [0.15, 0.2) is 15.0 Å². The number of hydrogen-bond acceptors (Lipinski definition) is 2. The van der Waals surface area contributed by atoms with E-state index in [9.17, 15) is 4.39 Å². The van der Waals surface area contributed by atoms with Crippen molar-refractivity contribution >= 4 is 38.5 Å². The first kappa shape index (κ1) is 16.8. The minimum absolute atomic E-state index is 0.110. The van der Waals surface area contributed by atoms with Crippen molar-refractivity contribution in [1.82, 2.24) is 5.32 Å². The largest absolute Gasteiger partial charge is 0.458 e. The molecule has 0 radical (unpaired) electrons. The van der Waals surface area contributed by atoms with Crippen molar-refractivity contribution in [2.24, 2.45) is 5.92 Å². The highest BCUT2D eigenvalue weighted by Crippen LogP contribution is 2.40. The van der Waals surface area contributed by atoms with Crippen LogP contribution >= 0.6 is 27.5 Å². The summed E-state index contributed by atoms with van der Waals surface area (Å²) in [7, 11) is 0. The van der Waals surface area contributed by atoms with Crippen LogP contribution in [0.1, 0.15) is 44.9 Å². The van der Waals surface area contributed by atoms with Crippen LogP contribution in [0.3, 0.4) is 0 Å². The molecule has 0 aliphatic carbocycles. The predicted molar refractivity (Wildman–Crippen MR) is 89.5 cm³/mol. The summed E-state index contributed by atoms with van der Waals surface area (Å²) in [6.45, 7) is 9.83. The fourth-order valence-corrected chi connectivity index (χ4v) is 3.30. The van der Waals surface area contributed by atoms with Gasteiger partial charge in [-0.05, 0) is 40.4 Å². The van der Waals surface area contributed by atoms with Gasteiger partial charge in [0.15, 0.2) is 11.4 Å². The summed E-state index contributed by atoms with van der Waals surface area (Å²) >= 11 is 9.37. The number of furan rings is 1. The Morgan fingerprint density at radius 1 is 1.33 bits per heavy atom. The van der Waals surface area contributed by atoms with E-state index in [-0.39, 0.29) is 10.9 Å². The van der Waals surface area contributed by atoms with E-state index in [1.807, 2.05) is 13.8 Å². The van der Waals surface area contributed by atoms with Crippen molar-refractivity contribution in [2.45, 2.75) is 40.2 Å². The molecular formula is C16H20BrClFNO. The van der Waals surface area contributed by atoms with Crippen LogP contribution in [0.5, 0.6) is 0 Å². The summed E-state index contributed by atoms with van der Waals surface area (Å²) in [5.41, 5.74) is 1.42. The summed E-state index contributed by atoms with van der Waals surface area (Å²) in [5.74, 6) is 1.08. The predicted octanol–water partition coefficient (Wildman–Crippen LogP) is 5.86. The van der Waals surface area contributed by atoms with Crippen LogP contribution < -0.4 is 5.32 Å². The third kappa shape index (κ3) is 3.43. The Morgan fingerprint density at radius 3 is 2.57 bits per heavy atom. The van der Waals surface area contributed by atoms with Gasteiger partial charge < -0.3 is 9.73 Å². The highest BCUT2D eigenvalue weighted by Gasteiger charge is 2.23. The van der Waals surface area contributed by atoms with E-state index in [0.29, 0.717) is 27.9 Å². The molecule has 1 aromatic carbocycles. The van der Waals surface area contributed by atoms with Gasteiger partial charge in [0.2, 0.25) is 0 Å². The molecule has 116 valence electrons. The first-order valence-electron chi connectivity index (χ1n) is 7.12. The SMILES string of the molecule is CC(C)CNCc1oc2c(Br)cc(Cl)c(F)c2c1C(C)C. The van der Waals surface area contributed by atoms with Crippen molar-refractivity contribution in [3.8, 4) is 0 Å². The fourth-order valence-electron chi connectivity index (χ4n) is 2.45. The standard InChI is InChI=1S/C16H20BrClFNO/c1-8(2)6-20-7-12-13(9(3)4)14-15(19)11(18)5-10(17)16(14)21-12/h5,8-9,20H,6-7H2,1-4H3. The zero-order valence-corrected chi connectivity index (χ0v) is 15.0. The molecule has 1 heterocycles. The van der Waals surface area contributed by atoms with E-state index in [4.69, 9.17) is 16.0 Å². The van der Waals surface area contributed by atoms with Gasteiger partial charge in [-0.3, -0.25) is 0 Å². The molecule has 0 amide bonds. The maximum atomic E-state index is 14.4. The minimum atomic E-state index is -0.405.